The molecule has 0 saturated heterocycles. The highest BCUT2D eigenvalue weighted by Gasteiger charge is 2.13. The first-order valence-electron chi connectivity index (χ1n) is 8.02. The van der Waals surface area contributed by atoms with Crippen molar-refractivity contribution < 1.29 is 4.39 Å². The van der Waals surface area contributed by atoms with Crippen molar-refractivity contribution in [3.63, 3.8) is 0 Å². The smallest absolute Gasteiger partial charge is 0.123 e. The molecule has 1 N–H and O–H groups in total. The van der Waals surface area contributed by atoms with Gasteiger partial charge in [-0.15, -0.1) is 11.3 Å². The molecule has 2 rings (SSSR count). The van der Waals surface area contributed by atoms with Crippen molar-refractivity contribution in [1.29, 1.82) is 0 Å². The number of thiazole rings is 1. The molecule has 0 aliphatic carbocycles. The lowest BCUT2D eigenvalue weighted by Crippen LogP contribution is -2.38. The predicted octanol–water partition coefficient (Wildman–Crippen LogP) is 4.02. The molecule has 3 nitrogen and oxygen atoms in total. The molecule has 1 unspecified atom stereocenters. The molecule has 2 aromatic rings. The summed E-state index contributed by atoms with van der Waals surface area (Å²) in [6.07, 6.45) is 1.15. The van der Waals surface area contributed by atoms with Crippen LogP contribution in [0.1, 0.15) is 26.0 Å². The molecular formula is C18H26FN3S. The summed E-state index contributed by atoms with van der Waals surface area (Å²) in [6, 6.07) is 6.97. The molecule has 0 bridgehead atoms. The average Bonchev–Trinajstić information content (AvgIpc) is 2.93. The highest BCUT2D eigenvalue weighted by Crippen LogP contribution is 2.24. The lowest BCUT2D eigenvalue weighted by molar-refractivity contribution is 0.304. The molecule has 126 valence electrons. The third-order valence-electron chi connectivity index (χ3n) is 3.56. The van der Waals surface area contributed by atoms with E-state index in [4.69, 9.17) is 0 Å². The van der Waals surface area contributed by atoms with E-state index in [0.717, 1.165) is 35.8 Å². The monoisotopic (exact) mass is 335 g/mol. The Labute approximate surface area is 142 Å². The van der Waals surface area contributed by atoms with Gasteiger partial charge in [0.2, 0.25) is 0 Å². The largest absolute Gasteiger partial charge is 0.308 e. The maximum Gasteiger partial charge on any atom is 0.123 e. The third kappa shape index (κ3) is 6.01. The van der Waals surface area contributed by atoms with Gasteiger partial charge in [-0.05, 0) is 50.7 Å². The number of likely N-dealkylation sites (N-methyl/N-ethyl adjacent to an activating group) is 1. The predicted molar refractivity (Wildman–Crippen MR) is 96.1 cm³/mol. The molecule has 1 atom stereocenters. The maximum atomic E-state index is 13.0. The van der Waals surface area contributed by atoms with Crippen molar-refractivity contribution in [3.05, 3.63) is 41.2 Å². The summed E-state index contributed by atoms with van der Waals surface area (Å²) in [5.74, 6) is 0.449. The number of aromatic nitrogens is 1. The second kappa shape index (κ2) is 8.52. The molecule has 1 aromatic carbocycles. The van der Waals surface area contributed by atoms with Gasteiger partial charge in [0.1, 0.15) is 10.8 Å². The van der Waals surface area contributed by atoms with Gasteiger partial charge in [-0.2, -0.15) is 0 Å². The zero-order valence-corrected chi connectivity index (χ0v) is 15.2. The molecule has 0 amide bonds. The van der Waals surface area contributed by atoms with Crippen molar-refractivity contribution in [1.82, 2.24) is 15.2 Å². The summed E-state index contributed by atoms with van der Waals surface area (Å²) in [6.45, 7) is 6.29. The summed E-state index contributed by atoms with van der Waals surface area (Å²) < 4.78 is 13.0. The first kappa shape index (κ1) is 18.0. The number of nitrogens with one attached hydrogen (secondary N) is 1. The second-order valence-corrected chi connectivity index (χ2v) is 7.48. The minimum atomic E-state index is -0.215. The fourth-order valence-electron chi connectivity index (χ4n) is 2.59. The van der Waals surface area contributed by atoms with E-state index in [1.54, 1.807) is 23.5 Å². The first-order chi connectivity index (χ1) is 10.9. The van der Waals surface area contributed by atoms with E-state index >= 15 is 0 Å². The van der Waals surface area contributed by atoms with E-state index in [9.17, 15) is 4.39 Å². The van der Waals surface area contributed by atoms with E-state index in [1.165, 1.54) is 12.1 Å². The van der Waals surface area contributed by atoms with Crippen molar-refractivity contribution in [2.24, 2.45) is 5.92 Å². The molecule has 1 aromatic heterocycles. The van der Waals surface area contributed by atoms with Crippen molar-refractivity contribution in [2.45, 2.75) is 32.9 Å². The van der Waals surface area contributed by atoms with Crippen LogP contribution in [0.5, 0.6) is 0 Å². The number of rotatable bonds is 8. The third-order valence-corrected chi connectivity index (χ3v) is 4.50. The Bertz CT molecular complexity index is 583. The topological polar surface area (TPSA) is 28.2 Å². The standard InChI is InChI=1S/C18H26FN3S/c1-13(2)9-16(11-22(3)4)20-10-17-12-23-18(21-17)14-5-7-15(19)8-6-14/h5-8,12-13,16,20H,9-11H2,1-4H3. The van der Waals surface area contributed by atoms with E-state index in [0.29, 0.717) is 12.0 Å². The van der Waals surface area contributed by atoms with Gasteiger partial charge < -0.3 is 10.2 Å². The van der Waals surface area contributed by atoms with Gasteiger partial charge >= 0.3 is 0 Å². The Balaban J connectivity index is 1.96. The summed E-state index contributed by atoms with van der Waals surface area (Å²) in [4.78, 5) is 6.87. The van der Waals surface area contributed by atoms with Crippen LogP contribution in [0.25, 0.3) is 10.6 Å². The maximum absolute atomic E-state index is 13.0. The lowest BCUT2D eigenvalue weighted by Gasteiger charge is -2.23. The molecule has 1 heterocycles. The fourth-order valence-corrected chi connectivity index (χ4v) is 3.42. The van der Waals surface area contributed by atoms with E-state index in [2.05, 4.69) is 48.5 Å². The quantitative estimate of drug-likeness (QED) is 0.790. The summed E-state index contributed by atoms with van der Waals surface area (Å²) >= 11 is 1.60. The zero-order valence-electron chi connectivity index (χ0n) is 14.3. The van der Waals surface area contributed by atoms with Crippen LogP contribution in [0.3, 0.4) is 0 Å². The Kier molecular flexibility index (Phi) is 6.69. The number of nitrogens with zero attached hydrogens (tertiary/aromatic N) is 2. The molecule has 0 saturated carbocycles. The van der Waals surface area contributed by atoms with Crippen LogP contribution in [0.4, 0.5) is 4.39 Å². The van der Waals surface area contributed by atoms with Crippen LogP contribution in [-0.4, -0.2) is 36.6 Å². The normalized spacial score (nSPS) is 13.0. The van der Waals surface area contributed by atoms with Gasteiger partial charge in [-0.3, -0.25) is 0 Å². The van der Waals surface area contributed by atoms with Crippen molar-refractivity contribution in [2.75, 3.05) is 20.6 Å². The van der Waals surface area contributed by atoms with E-state index < -0.39 is 0 Å². The fraction of sp³-hybridized carbons (Fsp3) is 0.500. The highest BCUT2D eigenvalue weighted by molar-refractivity contribution is 7.13. The van der Waals surface area contributed by atoms with Crippen LogP contribution in [0, 0.1) is 11.7 Å². The minimum absolute atomic E-state index is 0.215. The van der Waals surface area contributed by atoms with Crippen LogP contribution in [-0.2, 0) is 6.54 Å². The highest BCUT2D eigenvalue weighted by atomic mass is 32.1. The number of hydrogen-bond acceptors (Lipinski definition) is 4. The molecule has 0 spiro atoms. The Hall–Kier alpha value is -1.30. The zero-order chi connectivity index (χ0) is 16.8. The number of benzene rings is 1. The SMILES string of the molecule is CC(C)CC(CN(C)C)NCc1csc(-c2ccc(F)cc2)n1. The van der Waals surface area contributed by atoms with Gasteiger partial charge in [0.25, 0.3) is 0 Å². The second-order valence-electron chi connectivity index (χ2n) is 6.62. The summed E-state index contributed by atoms with van der Waals surface area (Å²) in [7, 11) is 4.20. The van der Waals surface area contributed by atoms with Gasteiger partial charge in [-0.1, -0.05) is 13.8 Å². The molecule has 0 aliphatic rings. The van der Waals surface area contributed by atoms with Crippen LogP contribution in [0.15, 0.2) is 29.6 Å². The molecule has 5 heteroatoms. The Morgan fingerprint density at radius 2 is 1.91 bits per heavy atom. The summed E-state index contributed by atoms with van der Waals surface area (Å²) in [5, 5.41) is 6.63. The van der Waals surface area contributed by atoms with Crippen LogP contribution in [0.2, 0.25) is 0 Å². The Morgan fingerprint density at radius 3 is 2.52 bits per heavy atom. The van der Waals surface area contributed by atoms with Crippen molar-refractivity contribution >= 4 is 11.3 Å². The molecular weight excluding hydrogens is 309 g/mol. The number of hydrogen-bond donors (Lipinski definition) is 1. The molecule has 0 fully saturated rings. The summed E-state index contributed by atoms with van der Waals surface area (Å²) in [5.41, 5.74) is 2.01. The van der Waals surface area contributed by atoms with Crippen LogP contribution >= 0.6 is 11.3 Å². The van der Waals surface area contributed by atoms with E-state index in [-0.39, 0.29) is 5.82 Å². The minimum Gasteiger partial charge on any atom is -0.308 e. The number of halogens is 1. The van der Waals surface area contributed by atoms with Crippen LogP contribution < -0.4 is 5.32 Å². The van der Waals surface area contributed by atoms with Gasteiger partial charge in [0, 0.05) is 30.1 Å². The van der Waals surface area contributed by atoms with Gasteiger partial charge in [0.05, 0.1) is 5.69 Å². The van der Waals surface area contributed by atoms with E-state index in [1.807, 2.05) is 0 Å². The Morgan fingerprint density at radius 1 is 1.22 bits per heavy atom. The van der Waals surface area contributed by atoms with Gasteiger partial charge in [0.15, 0.2) is 0 Å². The molecule has 23 heavy (non-hydrogen) atoms. The first-order valence-corrected chi connectivity index (χ1v) is 8.90. The lowest BCUT2D eigenvalue weighted by atomic mass is 10.0. The molecule has 0 aliphatic heterocycles. The van der Waals surface area contributed by atoms with Crippen molar-refractivity contribution in [3.8, 4) is 10.6 Å². The average molecular weight is 335 g/mol. The van der Waals surface area contributed by atoms with Gasteiger partial charge in [-0.25, -0.2) is 9.37 Å². The molecule has 0 radical (unpaired) electrons.